The molecule has 0 radical (unpaired) electrons. The summed E-state index contributed by atoms with van der Waals surface area (Å²) in [5.74, 6) is -1.23. The number of hydrogen-bond acceptors (Lipinski definition) is 5. The summed E-state index contributed by atoms with van der Waals surface area (Å²) < 4.78 is 5.34. The predicted octanol–water partition coefficient (Wildman–Crippen LogP) is 4.41. The molecule has 8 heteroatoms. The molecule has 8 nitrogen and oxygen atoms in total. The van der Waals surface area contributed by atoms with Crippen LogP contribution in [0.25, 0.3) is 0 Å². The average Bonchev–Trinajstić information content (AvgIpc) is 2.78. The molecule has 0 saturated carbocycles. The third-order valence-corrected chi connectivity index (χ3v) is 5.65. The van der Waals surface area contributed by atoms with Crippen molar-refractivity contribution in [2.24, 2.45) is 5.92 Å². The van der Waals surface area contributed by atoms with E-state index < -0.39 is 35.6 Å². The van der Waals surface area contributed by atoms with Crippen molar-refractivity contribution in [3.05, 3.63) is 29.3 Å². The number of aryl methyl sites for hydroxylation is 1. The van der Waals surface area contributed by atoms with E-state index in [4.69, 9.17) is 11.2 Å². The molecule has 0 spiro atoms. The lowest BCUT2D eigenvalue weighted by Gasteiger charge is -2.32. The van der Waals surface area contributed by atoms with Crippen LogP contribution in [0.15, 0.2) is 18.2 Å². The Morgan fingerprint density at radius 2 is 1.86 bits per heavy atom. The summed E-state index contributed by atoms with van der Waals surface area (Å²) in [6, 6.07) is 4.88. The Labute approximate surface area is 209 Å². The Hall–Kier alpha value is -3.21. The smallest absolute Gasteiger partial charge is 0.408 e. The van der Waals surface area contributed by atoms with Crippen LogP contribution < -0.4 is 10.6 Å². The fraction of sp³-hybridized carbons (Fsp3) is 0.593. The molecule has 0 aliphatic carbocycles. The second kappa shape index (κ2) is 13.6. The SMILES string of the molecule is C#CN(C(=O)C(NC(=O)OC(C)(C)C)C(C)CC)C(C(=O)NCCCCC)c1ccc(O)c(C)c1. The Morgan fingerprint density at radius 1 is 1.20 bits per heavy atom. The highest BCUT2D eigenvalue weighted by atomic mass is 16.6. The van der Waals surface area contributed by atoms with Crippen LogP contribution >= 0.6 is 0 Å². The first kappa shape index (κ1) is 29.8. The number of terminal acetylenes is 1. The van der Waals surface area contributed by atoms with E-state index in [0.717, 1.165) is 24.2 Å². The van der Waals surface area contributed by atoms with Gasteiger partial charge in [-0.3, -0.25) is 14.5 Å². The first-order valence-corrected chi connectivity index (χ1v) is 12.2. The van der Waals surface area contributed by atoms with Crippen molar-refractivity contribution in [1.82, 2.24) is 15.5 Å². The van der Waals surface area contributed by atoms with Gasteiger partial charge in [0.25, 0.3) is 5.91 Å². The van der Waals surface area contributed by atoms with Gasteiger partial charge >= 0.3 is 6.09 Å². The van der Waals surface area contributed by atoms with E-state index in [9.17, 15) is 19.5 Å². The summed E-state index contributed by atoms with van der Waals surface area (Å²) in [5, 5.41) is 15.5. The minimum Gasteiger partial charge on any atom is -0.508 e. The van der Waals surface area contributed by atoms with Crippen molar-refractivity contribution in [3.63, 3.8) is 0 Å². The summed E-state index contributed by atoms with van der Waals surface area (Å²) in [5.41, 5.74) is 0.254. The molecule has 3 N–H and O–H groups in total. The van der Waals surface area contributed by atoms with Gasteiger partial charge in [-0.05, 0) is 63.3 Å². The number of phenols is 1. The Bertz CT molecular complexity index is 916. The molecule has 0 bridgehead atoms. The largest absolute Gasteiger partial charge is 0.508 e. The summed E-state index contributed by atoms with van der Waals surface area (Å²) in [6.45, 7) is 13.1. The van der Waals surface area contributed by atoms with Crippen LogP contribution in [0.5, 0.6) is 5.75 Å². The fourth-order valence-electron chi connectivity index (χ4n) is 3.48. The number of carbonyl (C=O) groups excluding carboxylic acids is 3. The number of amides is 3. The molecule has 3 amide bonds. The van der Waals surface area contributed by atoms with Crippen LogP contribution in [0.1, 0.15) is 84.4 Å². The number of phenolic OH excluding ortho intramolecular Hbond substituents is 1. The Morgan fingerprint density at radius 3 is 2.37 bits per heavy atom. The molecule has 194 valence electrons. The van der Waals surface area contributed by atoms with Crippen molar-refractivity contribution in [2.45, 2.75) is 91.8 Å². The maximum Gasteiger partial charge on any atom is 0.408 e. The molecule has 0 heterocycles. The zero-order valence-electron chi connectivity index (χ0n) is 22.1. The predicted molar refractivity (Wildman–Crippen MR) is 136 cm³/mol. The molecule has 0 fully saturated rings. The van der Waals surface area contributed by atoms with Crippen LogP contribution in [0.2, 0.25) is 0 Å². The normalized spacial score (nSPS) is 13.7. The van der Waals surface area contributed by atoms with Crippen LogP contribution in [-0.2, 0) is 14.3 Å². The number of alkyl carbamates (subject to hydrolysis) is 1. The first-order chi connectivity index (χ1) is 16.4. The van der Waals surface area contributed by atoms with Crippen LogP contribution in [0.3, 0.4) is 0 Å². The number of carbonyl (C=O) groups is 3. The van der Waals surface area contributed by atoms with E-state index in [1.807, 2.05) is 13.8 Å². The van der Waals surface area contributed by atoms with E-state index in [0.29, 0.717) is 24.1 Å². The van der Waals surface area contributed by atoms with E-state index >= 15 is 0 Å². The molecule has 1 rings (SSSR count). The van der Waals surface area contributed by atoms with Gasteiger partial charge in [-0.1, -0.05) is 52.5 Å². The highest BCUT2D eigenvalue weighted by Gasteiger charge is 2.37. The van der Waals surface area contributed by atoms with Crippen molar-refractivity contribution >= 4 is 17.9 Å². The maximum absolute atomic E-state index is 13.7. The Balaban J connectivity index is 3.37. The van der Waals surface area contributed by atoms with Gasteiger partial charge in [0.15, 0.2) is 0 Å². The van der Waals surface area contributed by atoms with Crippen molar-refractivity contribution in [2.75, 3.05) is 6.54 Å². The summed E-state index contributed by atoms with van der Waals surface area (Å²) in [7, 11) is 0. The molecule has 0 aromatic heterocycles. The number of nitrogens with one attached hydrogen (secondary N) is 2. The van der Waals surface area contributed by atoms with Gasteiger partial charge in [0, 0.05) is 12.6 Å². The third-order valence-electron chi connectivity index (χ3n) is 5.65. The minimum absolute atomic E-state index is 0.0681. The summed E-state index contributed by atoms with van der Waals surface area (Å²) in [4.78, 5) is 40.5. The van der Waals surface area contributed by atoms with Gasteiger partial charge in [-0.15, -0.1) is 0 Å². The second-order valence-corrected chi connectivity index (χ2v) is 9.79. The molecule has 0 saturated heterocycles. The minimum atomic E-state index is -1.14. The highest BCUT2D eigenvalue weighted by Crippen LogP contribution is 2.27. The fourth-order valence-corrected chi connectivity index (χ4v) is 3.48. The van der Waals surface area contributed by atoms with E-state index in [-0.39, 0.29) is 11.7 Å². The van der Waals surface area contributed by atoms with E-state index in [1.54, 1.807) is 39.8 Å². The van der Waals surface area contributed by atoms with Crippen LogP contribution in [-0.4, -0.2) is 46.1 Å². The molecule has 3 atom stereocenters. The second-order valence-electron chi connectivity index (χ2n) is 9.79. The van der Waals surface area contributed by atoms with Crippen molar-refractivity contribution < 1.29 is 24.2 Å². The standard InChI is InChI=1S/C27H41N3O5/c1-9-12-13-16-28-24(32)23(20-14-15-21(31)19(5)17-20)30(11-3)25(33)22(18(4)10-2)29-26(34)35-27(6,7)8/h3,14-15,17-18,22-23,31H,9-10,12-13,16H2,1-2,4-8H3,(H,28,32)(H,29,34). The number of rotatable bonds is 11. The van der Waals surface area contributed by atoms with Crippen molar-refractivity contribution in [1.29, 1.82) is 0 Å². The zero-order valence-corrected chi connectivity index (χ0v) is 22.1. The van der Waals surface area contributed by atoms with Gasteiger partial charge in [0.1, 0.15) is 23.4 Å². The quantitative estimate of drug-likeness (QED) is 0.243. The van der Waals surface area contributed by atoms with Gasteiger partial charge in [-0.25, -0.2) is 4.79 Å². The van der Waals surface area contributed by atoms with E-state index in [2.05, 4.69) is 23.6 Å². The molecular formula is C27H41N3O5. The number of aromatic hydroxyl groups is 1. The van der Waals surface area contributed by atoms with Crippen LogP contribution in [0.4, 0.5) is 4.79 Å². The van der Waals surface area contributed by atoms with Gasteiger partial charge in [-0.2, -0.15) is 0 Å². The molecule has 3 unspecified atom stereocenters. The molecule has 0 aliphatic heterocycles. The van der Waals surface area contributed by atoms with Gasteiger partial charge in [0.2, 0.25) is 5.91 Å². The maximum atomic E-state index is 13.7. The lowest BCUT2D eigenvalue weighted by molar-refractivity contribution is -0.139. The first-order valence-electron chi connectivity index (χ1n) is 12.2. The average molecular weight is 488 g/mol. The van der Waals surface area contributed by atoms with Crippen molar-refractivity contribution in [3.8, 4) is 18.2 Å². The Kier molecular flexibility index (Phi) is 11.6. The molecule has 35 heavy (non-hydrogen) atoms. The summed E-state index contributed by atoms with van der Waals surface area (Å²) >= 11 is 0. The molecule has 0 aliphatic rings. The zero-order chi connectivity index (χ0) is 26.8. The summed E-state index contributed by atoms with van der Waals surface area (Å²) in [6.07, 6.45) is 8.37. The van der Waals surface area contributed by atoms with Gasteiger partial charge in [0.05, 0.1) is 0 Å². The molecule has 1 aromatic rings. The number of benzene rings is 1. The topological polar surface area (TPSA) is 108 Å². The monoisotopic (exact) mass is 487 g/mol. The number of hydrogen-bond donors (Lipinski definition) is 3. The van der Waals surface area contributed by atoms with Crippen LogP contribution in [0, 0.1) is 25.3 Å². The number of unbranched alkanes of at least 4 members (excludes halogenated alkanes) is 2. The third kappa shape index (κ3) is 9.16. The lowest BCUT2D eigenvalue weighted by atomic mass is 9.95. The van der Waals surface area contributed by atoms with E-state index in [1.165, 1.54) is 6.07 Å². The number of ether oxygens (including phenoxy) is 1. The molecular weight excluding hydrogens is 446 g/mol. The lowest BCUT2D eigenvalue weighted by Crippen LogP contribution is -2.54. The van der Waals surface area contributed by atoms with Gasteiger partial charge < -0.3 is 20.5 Å². The highest BCUT2D eigenvalue weighted by molar-refractivity contribution is 5.93. The molecule has 1 aromatic carbocycles. The number of nitrogens with zero attached hydrogens (tertiary/aromatic N) is 1.